The molecule has 0 spiro atoms. The Labute approximate surface area is 217 Å². The first kappa shape index (κ1) is 26.2. The first-order valence-electron chi connectivity index (χ1n) is 11.4. The molecule has 1 fully saturated rings. The Kier molecular flexibility index (Phi) is 8.39. The summed E-state index contributed by atoms with van der Waals surface area (Å²) >= 11 is 1.15. The van der Waals surface area contributed by atoms with E-state index in [1.54, 1.807) is 20.3 Å². The van der Waals surface area contributed by atoms with Crippen LogP contribution in [0.3, 0.4) is 0 Å². The summed E-state index contributed by atoms with van der Waals surface area (Å²) in [4.78, 5) is 32.2. The van der Waals surface area contributed by atoms with Gasteiger partial charge in [-0.25, -0.2) is 13.8 Å². The van der Waals surface area contributed by atoms with Crippen molar-refractivity contribution >= 4 is 40.1 Å². The number of amides is 2. The molecule has 0 unspecified atom stereocenters. The van der Waals surface area contributed by atoms with Crippen molar-refractivity contribution in [3.63, 3.8) is 0 Å². The lowest BCUT2D eigenvalue weighted by Crippen LogP contribution is -2.46. The van der Waals surface area contributed by atoms with Crippen molar-refractivity contribution < 1.29 is 27.8 Å². The number of rotatable bonds is 8. The van der Waals surface area contributed by atoms with Crippen molar-refractivity contribution in [1.82, 2.24) is 4.90 Å². The lowest BCUT2D eigenvalue weighted by atomic mass is 10.1. The molecule has 3 aromatic carbocycles. The van der Waals surface area contributed by atoms with Crippen LogP contribution in [-0.2, 0) is 16.0 Å². The minimum Gasteiger partial charge on any atom is -0.493 e. The van der Waals surface area contributed by atoms with Crippen molar-refractivity contribution in [1.29, 1.82) is 0 Å². The molecule has 1 saturated heterocycles. The second-order valence-electron chi connectivity index (χ2n) is 8.16. The van der Waals surface area contributed by atoms with Gasteiger partial charge in [-0.05, 0) is 72.6 Å². The maximum absolute atomic E-state index is 13.4. The van der Waals surface area contributed by atoms with Crippen LogP contribution in [0.5, 0.6) is 11.5 Å². The minimum atomic E-state index is -0.742. The zero-order valence-corrected chi connectivity index (χ0v) is 21.1. The monoisotopic (exact) mass is 525 g/mol. The van der Waals surface area contributed by atoms with Crippen LogP contribution >= 0.6 is 11.8 Å². The van der Waals surface area contributed by atoms with Crippen LogP contribution in [0.25, 0.3) is 0 Å². The lowest BCUT2D eigenvalue weighted by Gasteiger charge is -2.32. The number of halogens is 2. The summed E-state index contributed by atoms with van der Waals surface area (Å²) in [6, 6.07) is 16.5. The molecule has 7 nitrogen and oxygen atoms in total. The quantitative estimate of drug-likeness (QED) is 0.438. The van der Waals surface area contributed by atoms with Crippen LogP contribution in [0.4, 0.5) is 20.2 Å². The van der Waals surface area contributed by atoms with Crippen molar-refractivity contribution in [2.24, 2.45) is 4.99 Å². The number of carbonyl (C=O) groups excluding carboxylic acids is 2. The molecule has 0 saturated carbocycles. The highest BCUT2D eigenvalue weighted by molar-refractivity contribution is 8.15. The van der Waals surface area contributed by atoms with E-state index in [1.807, 2.05) is 12.1 Å². The Morgan fingerprint density at radius 3 is 2.30 bits per heavy atom. The van der Waals surface area contributed by atoms with E-state index in [0.717, 1.165) is 17.3 Å². The second kappa shape index (κ2) is 11.9. The van der Waals surface area contributed by atoms with E-state index < -0.39 is 22.8 Å². The zero-order chi connectivity index (χ0) is 26.4. The van der Waals surface area contributed by atoms with E-state index in [4.69, 9.17) is 9.47 Å². The van der Waals surface area contributed by atoms with Gasteiger partial charge in [0, 0.05) is 18.7 Å². The van der Waals surface area contributed by atoms with Crippen LogP contribution in [0, 0.1) is 11.6 Å². The highest BCUT2D eigenvalue weighted by atomic mass is 32.2. The maximum Gasteiger partial charge on any atom is 0.238 e. The highest BCUT2D eigenvalue weighted by Gasteiger charge is 2.35. The molecule has 10 heteroatoms. The molecule has 1 N–H and O–H groups in total. The summed E-state index contributed by atoms with van der Waals surface area (Å²) in [6.45, 7) is 0.313. The van der Waals surface area contributed by atoms with Gasteiger partial charge in [-0.3, -0.25) is 14.5 Å². The van der Waals surface area contributed by atoms with Gasteiger partial charge in [0.05, 0.1) is 19.9 Å². The van der Waals surface area contributed by atoms with Gasteiger partial charge in [0.15, 0.2) is 16.7 Å². The number of anilines is 1. The number of nitrogens with one attached hydrogen (secondary N) is 1. The predicted octanol–water partition coefficient (Wildman–Crippen LogP) is 5.19. The summed E-state index contributed by atoms with van der Waals surface area (Å²) in [5.41, 5.74) is 1.80. The highest BCUT2D eigenvalue weighted by Crippen LogP contribution is 2.31. The summed E-state index contributed by atoms with van der Waals surface area (Å²) < 4.78 is 37.3. The van der Waals surface area contributed by atoms with E-state index >= 15 is 0 Å². The average Bonchev–Trinajstić information content (AvgIpc) is 2.90. The third kappa shape index (κ3) is 6.65. The number of amidine groups is 1. The van der Waals surface area contributed by atoms with Crippen LogP contribution < -0.4 is 14.8 Å². The molecule has 1 heterocycles. The molecular weight excluding hydrogens is 500 g/mol. The third-order valence-electron chi connectivity index (χ3n) is 5.67. The molecule has 1 atom stereocenters. The summed E-state index contributed by atoms with van der Waals surface area (Å²) in [6.07, 6.45) is 0.466. The van der Waals surface area contributed by atoms with Gasteiger partial charge in [0.25, 0.3) is 0 Å². The molecule has 1 aliphatic rings. The molecule has 2 amide bonds. The first-order valence-corrected chi connectivity index (χ1v) is 12.3. The maximum atomic E-state index is 13.4. The molecule has 4 rings (SSSR count). The standard InChI is InChI=1S/C27H25F2N3O4S/c1-35-22-12-3-17(15-23(22)36-2)13-14-32-25(33)16-24(26(34)30-20-8-4-18(28)5-9-20)37-27(32)31-21-10-6-19(29)7-11-21/h3-12,15,24H,13-14,16H2,1-2H3,(H,30,34)/t24-/m1/s1. The smallest absolute Gasteiger partial charge is 0.238 e. The van der Waals surface area contributed by atoms with E-state index in [-0.39, 0.29) is 12.3 Å². The number of thioether (sulfide) groups is 1. The largest absolute Gasteiger partial charge is 0.493 e. The fourth-order valence-corrected chi connectivity index (χ4v) is 4.85. The molecule has 3 aromatic rings. The number of ether oxygens (including phenoxy) is 2. The third-order valence-corrected chi connectivity index (χ3v) is 6.85. The number of carbonyl (C=O) groups is 2. The number of hydrogen-bond acceptors (Lipinski definition) is 6. The molecule has 0 aliphatic carbocycles. The van der Waals surface area contributed by atoms with E-state index in [9.17, 15) is 18.4 Å². The topological polar surface area (TPSA) is 80.2 Å². The van der Waals surface area contributed by atoms with Crippen LogP contribution in [-0.4, -0.2) is 47.9 Å². The SMILES string of the molecule is COc1ccc(CCN2C(=O)C[C@H](C(=O)Nc3ccc(F)cc3)SC2=Nc2ccc(F)cc2)cc1OC. The van der Waals surface area contributed by atoms with Crippen molar-refractivity contribution in [2.75, 3.05) is 26.1 Å². The van der Waals surface area contributed by atoms with E-state index in [2.05, 4.69) is 10.3 Å². The molecule has 0 bridgehead atoms. The Balaban J connectivity index is 1.55. The number of benzene rings is 3. The van der Waals surface area contributed by atoms with Gasteiger partial charge in [-0.1, -0.05) is 17.8 Å². The molecule has 1 aliphatic heterocycles. The lowest BCUT2D eigenvalue weighted by molar-refractivity contribution is -0.129. The van der Waals surface area contributed by atoms with Gasteiger partial charge in [0.1, 0.15) is 16.9 Å². The Morgan fingerprint density at radius 2 is 1.65 bits per heavy atom. The van der Waals surface area contributed by atoms with Crippen molar-refractivity contribution in [3.05, 3.63) is 83.9 Å². The Hall–Kier alpha value is -3.92. The molecule has 192 valence electrons. The van der Waals surface area contributed by atoms with Gasteiger partial charge in [-0.15, -0.1) is 0 Å². The van der Waals surface area contributed by atoms with Gasteiger partial charge in [-0.2, -0.15) is 0 Å². The summed E-state index contributed by atoms with van der Waals surface area (Å²) in [5, 5.41) is 2.31. The normalized spacial score (nSPS) is 16.5. The van der Waals surface area contributed by atoms with E-state index in [0.29, 0.717) is 41.0 Å². The Bertz CT molecular complexity index is 1300. The van der Waals surface area contributed by atoms with Crippen molar-refractivity contribution in [3.8, 4) is 11.5 Å². The second-order valence-corrected chi connectivity index (χ2v) is 9.33. The predicted molar refractivity (Wildman–Crippen MR) is 139 cm³/mol. The molecular formula is C27H25F2N3O4S. The van der Waals surface area contributed by atoms with Crippen LogP contribution in [0.1, 0.15) is 12.0 Å². The number of aliphatic imine (C=N–C) groups is 1. The van der Waals surface area contributed by atoms with Crippen LogP contribution in [0.2, 0.25) is 0 Å². The summed E-state index contributed by atoms with van der Waals surface area (Å²) in [7, 11) is 3.11. The van der Waals surface area contributed by atoms with E-state index in [1.165, 1.54) is 53.4 Å². The average molecular weight is 526 g/mol. The zero-order valence-electron chi connectivity index (χ0n) is 20.2. The summed E-state index contributed by atoms with van der Waals surface area (Å²) in [5.74, 6) is -0.297. The van der Waals surface area contributed by atoms with Gasteiger partial charge in [0.2, 0.25) is 11.8 Å². The fourth-order valence-electron chi connectivity index (χ4n) is 3.72. The first-order chi connectivity index (χ1) is 17.9. The van der Waals surface area contributed by atoms with Gasteiger partial charge >= 0.3 is 0 Å². The number of methoxy groups -OCH3 is 2. The number of hydrogen-bond donors (Lipinski definition) is 1. The number of nitrogens with zero attached hydrogens (tertiary/aromatic N) is 2. The fraction of sp³-hybridized carbons (Fsp3) is 0.222. The van der Waals surface area contributed by atoms with Crippen molar-refractivity contribution in [2.45, 2.75) is 18.1 Å². The molecule has 0 aromatic heterocycles. The molecule has 37 heavy (non-hydrogen) atoms. The molecule has 0 radical (unpaired) electrons. The van der Waals surface area contributed by atoms with Crippen LogP contribution in [0.15, 0.2) is 71.7 Å². The Morgan fingerprint density at radius 1 is 1.00 bits per heavy atom. The van der Waals surface area contributed by atoms with Gasteiger partial charge < -0.3 is 14.8 Å². The minimum absolute atomic E-state index is 0.0356.